The first-order valence-corrected chi connectivity index (χ1v) is 13.4. The summed E-state index contributed by atoms with van der Waals surface area (Å²) in [6, 6.07) is 12.9. The van der Waals surface area contributed by atoms with Gasteiger partial charge in [0.05, 0.1) is 23.9 Å². The standard InChI is InChI=1S/C27H27ClF3N7O4/c1-42-19-5-4-12-35(13-19)25(40)20-6-2-3-7-21(20)38-16-32-23(33-38)15-37-26(41)36(14-22(39)27(29,30)31)24(34-37)17-8-10-18(28)11-9-17/h2-3,6-11,16,19,22,39H,4-5,12-15H2,1H3/t19?,22-/m0/s1. The fourth-order valence-corrected chi connectivity index (χ4v) is 4.88. The number of alkyl halides is 3. The lowest BCUT2D eigenvalue weighted by Crippen LogP contribution is -2.43. The number of likely N-dealkylation sites (tertiary alicyclic amines) is 1. The minimum absolute atomic E-state index is 0.0408. The highest BCUT2D eigenvalue weighted by molar-refractivity contribution is 6.30. The van der Waals surface area contributed by atoms with Gasteiger partial charge in [0.2, 0.25) is 0 Å². The molecule has 1 aliphatic heterocycles. The minimum atomic E-state index is -4.94. The normalized spacial score (nSPS) is 16.5. The van der Waals surface area contributed by atoms with Crippen LogP contribution in [0.1, 0.15) is 29.0 Å². The van der Waals surface area contributed by atoms with Crippen molar-refractivity contribution in [1.29, 1.82) is 0 Å². The van der Waals surface area contributed by atoms with Crippen LogP contribution in [-0.4, -0.2) is 83.6 Å². The Kier molecular flexibility index (Phi) is 8.48. The van der Waals surface area contributed by atoms with E-state index in [-0.39, 0.29) is 30.2 Å². The number of nitrogens with zero attached hydrogens (tertiary/aromatic N) is 7. The quantitative estimate of drug-likeness (QED) is 0.328. The molecule has 1 fully saturated rings. The van der Waals surface area contributed by atoms with Gasteiger partial charge in [-0.15, -0.1) is 10.2 Å². The Morgan fingerprint density at radius 1 is 1.17 bits per heavy atom. The summed E-state index contributed by atoms with van der Waals surface area (Å²) in [6.45, 7) is -0.269. The number of para-hydroxylation sites is 1. The van der Waals surface area contributed by atoms with Crippen molar-refractivity contribution in [2.75, 3.05) is 20.2 Å². The molecule has 0 bridgehead atoms. The number of carbonyl (C=O) groups excluding carboxylic acids is 1. The second-order valence-corrected chi connectivity index (χ2v) is 10.2. The molecular weight excluding hydrogens is 579 g/mol. The smallest absolute Gasteiger partial charge is 0.382 e. The second kappa shape index (κ2) is 12.1. The van der Waals surface area contributed by atoms with E-state index in [1.54, 1.807) is 36.3 Å². The lowest BCUT2D eigenvalue weighted by Gasteiger charge is -2.32. The van der Waals surface area contributed by atoms with Crippen molar-refractivity contribution in [2.24, 2.45) is 0 Å². The predicted molar refractivity (Wildman–Crippen MR) is 145 cm³/mol. The van der Waals surface area contributed by atoms with Crippen molar-refractivity contribution in [3.05, 3.63) is 81.8 Å². The summed E-state index contributed by atoms with van der Waals surface area (Å²) >= 11 is 5.94. The molecule has 3 heterocycles. The van der Waals surface area contributed by atoms with Gasteiger partial charge < -0.3 is 14.7 Å². The Labute approximate surface area is 242 Å². The number of carbonyl (C=O) groups is 1. The number of benzene rings is 2. The number of aliphatic hydroxyl groups is 1. The molecule has 1 saturated heterocycles. The lowest BCUT2D eigenvalue weighted by atomic mass is 10.1. The van der Waals surface area contributed by atoms with Crippen LogP contribution in [0, 0.1) is 0 Å². The number of halogens is 4. The highest BCUT2D eigenvalue weighted by Crippen LogP contribution is 2.24. The predicted octanol–water partition coefficient (Wildman–Crippen LogP) is 3.17. The molecule has 1 N–H and O–H groups in total. The molecule has 0 spiro atoms. The third kappa shape index (κ3) is 6.25. The van der Waals surface area contributed by atoms with Gasteiger partial charge in [-0.25, -0.2) is 19.1 Å². The Balaban J connectivity index is 1.44. The van der Waals surface area contributed by atoms with Gasteiger partial charge in [-0.2, -0.15) is 13.2 Å². The van der Waals surface area contributed by atoms with Crippen molar-refractivity contribution in [2.45, 2.75) is 44.3 Å². The third-order valence-corrected chi connectivity index (χ3v) is 7.22. The minimum Gasteiger partial charge on any atom is -0.382 e. The molecule has 2 aromatic heterocycles. The average molecular weight is 606 g/mol. The number of aromatic nitrogens is 6. The van der Waals surface area contributed by atoms with E-state index >= 15 is 0 Å². The van der Waals surface area contributed by atoms with Gasteiger partial charge in [0.1, 0.15) is 12.9 Å². The molecule has 42 heavy (non-hydrogen) atoms. The van der Waals surface area contributed by atoms with Crippen LogP contribution in [0.25, 0.3) is 17.1 Å². The van der Waals surface area contributed by atoms with Crippen molar-refractivity contribution >= 4 is 17.5 Å². The van der Waals surface area contributed by atoms with E-state index in [1.807, 2.05) is 0 Å². The summed E-state index contributed by atoms with van der Waals surface area (Å²) in [5, 5.41) is 18.7. The molecule has 11 nitrogen and oxygen atoms in total. The summed E-state index contributed by atoms with van der Waals surface area (Å²) < 4.78 is 48.0. The molecule has 1 aliphatic rings. The van der Waals surface area contributed by atoms with Crippen LogP contribution in [0.5, 0.6) is 0 Å². The number of piperidine rings is 1. The van der Waals surface area contributed by atoms with Crippen molar-refractivity contribution in [1.82, 2.24) is 34.0 Å². The van der Waals surface area contributed by atoms with Crippen molar-refractivity contribution < 1.29 is 27.8 Å². The van der Waals surface area contributed by atoms with Gasteiger partial charge in [-0.3, -0.25) is 9.36 Å². The molecule has 0 saturated carbocycles. The number of rotatable bonds is 8. The Morgan fingerprint density at radius 2 is 1.90 bits per heavy atom. The van der Waals surface area contributed by atoms with Crippen molar-refractivity contribution in [3.8, 4) is 17.1 Å². The Bertz CT molecular complexity index is 1620. The number of ether oxygens (including phenoxy) is 1. The van der Waals surface area contributed by atoms with Gasteiger partial charge >= 0.3 is 11.9 Å². The first-order valence-electron chi connectivity index (χ1n) is 13.1. The van der Waals surface area contributed by atoms with E-state index in [9.17, 15) is 27.9 Å². The van der Waals surface area contributed by atoms with E-state index in [4.69, 9.17) is 16.3 Å². The van der Waals surface area contributed by atoms with Crippen LogP contribution in [0.2, 0.25) is 5.02 Å². The molecule has 15 heteroatoms. The van der Waals surface area contributed by atoms with E-state index in [0.717, 1.165) is 22.1 Å². The van der Waals surface area contributed by atoms with Crippen LogP contribution in [0.4, 0.5) is 13.2 Å². The zero-order valence-corrected chi connectivity index (χ0v) is 23.2. The lowest BCUT2D eigenvalue weighted by molar-refractivity contribution is -0.207. The maximum Gasteiger partial charge on any atom is 0.416 e. The number of aliphatic hydroxyl groups excluding tert-OH is 1. The first-order chi connectivity index (χ1) is 20.0. The Morgan fingerprint density at radius 3 is 2.62 bits per heavy atom. The molecule has 2 aromatic carbocycles. The summed E-state index contributed by atoms with van der Waals surface area (Å²) in [6.07, 6.45) is -4.70. The second-order valence-electron chi connectivity index (χ2n) is 9.81. The topological polar surface area (TPSA) is 120 Å². The first kappa shape index (κ1) is 29.5. The molecule has 1 amide bonds. The maximum absolute atomic E-state index is 13.4. The summed E-state index contributed by atoms with van der Waals surface area (Å²) in [5.41, 5.74) is 0.295. The van der Waals surface area contributed by atoms with Crippen LogP contribution >= 0.6 is 11.6 Å². The highest BCUT2D eigenvalue weighted by atomic mass is 35.5. The van der Waals surface area contributed by atoms with Gasteiger partial charge in [0.25, 0.3) is 5.91 Å². The summed E-state index contributed by atoms with van der Waals surface area (Å²) in [4.78, 5) is 32.5. The monoisotopic (exact) mass is 605 g/mol. The maximum atomic E-state index is 13.4. The SMILES string of the molecule is COC1CCCN(C(=O)c2ccccc2-n2cnc(Cn3nc(-c4ccc(Cl)cc4)n(C[C@H](O)C(F)(F)F)c3=O)n2)C1. The summed E-state index contributed by atoms with van der Waals surface area (Å²) in [5.74, 6) is -0.151. The number of methoxy groups -OCH3 is 1. The molecule has 222 valence electrons. The van der Waals surface area contributed by atoms with Gasteiger partial charge in [-0.1, -0.05) is 23.7 Å². The molecule has 4 aromatic rings. The van der Waals surface area contributed by atoms with E-state index < -0.39 is 24.5 Å². The van der Waals surface area contributed by atoms with Gasteiger partial charge in [0.15, 0.2) is 17.8 Å². The van der Waals surface area contributed by atoms with Crippen molar-refractivity contribution in [3.63, 3.8) is 0 Å². The highest BCUT2D eigenvalue weighted by Gasteiger charge is 2.39. The number of amides is 1. The zero-order chi connectivity index (χ0) is 30.0. The van der Waals surface area contributed by atoms with Crippen LogP contribution in [-0.2, 0) is 17.8 Å². The number of hydrogen-bond donors (Lipinski definition) is 1. The van der Waals surface area contributed by atoms with E-state index in [2.05, 4.69) is 15.2 Å². The zero-order valence-electron chi connectivity index (χ0n) is 22.4. The molecule has 1 unspecified atom stereocenters. The Hall–Kier alpha value is -4.01. The average Bonchev–Trinajstić information content (AvgIpc) is 3.57. The molecule has 0 radical (unpaired) electrons. The number of hydrogen-bond acceptors (Lipinski definition) is 7. The molecule has 2 atom stereocenters. The van der Waals surface area contributed by atoms with Gasteiger partial charge in [0, 0.05) is 30.8 Å². The molecule has 5 rings (SSSR count). The van der Waals surface area contributed by atoms with Crippen LogP contribution in [0.3, 0.4) is 0 Å². The summed E-state index contributed by atoms with van der Waals surface area (Å²) in [7, 11) is 1.62. The molecular formula is C27H27ClF3N7O4. The fourth-order valence-electron chi connectivity index (χ4n) is 4.76. The van der Waals surface area contributed by atoms with Gasteiger partial charge in [-0.05, 0) is 49.2 Å². The molecule has 0 aliphatic carbocycles. The van der Waals surface area contributed by atoms with E-state index in [0.29, 0.717) is 34.9 Å². The largest absolute Gasteiger partial charge is 0.416 e. The third-order valence-electron chi connectivity index (χ3n) is 6.97. The van der Waals surface area contributed by atoms with Crippen LogP contribution in [0.15, 0.2) is 59.7 Å². The van der Waals surface area contributed by atoms with Crippen LogP contribution < -0.4 is 5.69 Å². The van der Waals surface area contributed by atoms with E-state index in [1.165, 1.54) is 35.3 Å². The fraction of sp³-hybridized carbons (Fsp3) is 0.370.